The second-order valence-electron chi connectivity index (χ2n) is 5.69. The number of carbonyl (C=O) groups is 1. The van der Waals surface area contributed by atoms with Crippen molar-refractivity contribution in [1.82, 2.24) is 9.88 Å². The van der Waals surface area contributed by atoms with Gasteiger partial charge in [0, 0.05) is 35.6 Å². The van der Waals surface area contributed by atoms with Gasteiger partial charge in [-0.1, -0.05) is 24.3 Å². The molecule has 0 bridgehead atoms. The summed E-state index contributed by atoms with van der Waals surface area (Å²) in [6, 6.07) is 11.9. The summed E-state index contributed by atoms with van der Waals surface area (Å²) in [6.45, 7) is 8.18. The third-order valence-electron chi connectivity index (χ3n) is 3.48. The van der Waals surface area contributed by atoms with Gasteiger partial charge in [-0.2, -0.15) is 0 Å². The summed E-state index contributed by atoms with van der Waals surface area (Å²) < 4.78 is 0. The van der Waals surface area contributed by atoms with Gasteiger partial charge >= 0.3 is 0 Å². The number of rotatable bonds is 4. The number of benzene rings is 1. The van der Waals surface area contributed by atoms with E-state index in [1.165, 1.54) is 0 Å². The van der Waals surface area contributed by atoms with E-state index >= 15 is 0 Å². The van der Waals surface area contributed by atoms with E-state index in [1.807, 2.05) is 69.0 Å². The molecule has 3 heteroatoms. The van der Waals surface area contributed by atoms with Gasteiger partial charge in [-0.15, -0.1) is 0 Å². The van der Waals surface area contributed by atoms with E-state index in [-0.39, 0.29) is 18.0 Å². The zero-order valence-electron chi connectivity index (χ0n) is 13.1. The van der Waals surface area contributed by atoms with Gasteiger partial charge in [-0.05, 0) is 45.4 Å². The van der Waals surface area contributed by atoms with Crippen LogP contribution < -0.4 is 0 Å². The topological polar surface area (TPSA) is 33.2 Å². The molecule has 0 saturated carbocycles. The van der Waals surface area contributed by atoms with Crippen molar-refractivity contribution in [2.75, 3.05) is 0 Å². The zero-order valence-corrected chi connectivity index (χ0v) is 13.1. The molecule has 0 radical (unpaired) electrons. The molecule has 2 aromatic rings. The average molecular weight is 282 g/mol. The second-order valence-corrected chi connectivity index (χ2v) is 5.69. The third-order valence-corrected chi connectivity index (χ3v) is 3.48. The summed E-state index contributed by atoms with van der Waals surface area (Å²) in [6.07, 6.45) is 3.53. The monoisotopic (exact) mass is 282 g/mol. The van der Waals surface area contributed by atoms with Crippen molar-refractivity contribution >= 4 is 5.91 Å². The highest BCUT2D eigenvalue weighted by Gasteiger charge is 2.23. The van der Waals surface area contributed by atoms with Crippen molar-refractivity contribution in [3.05, 3.63) is 54.4 Å². The van der Waals surface area contributed by atoms with Gasteiger partial charge < -0.3 is 4.90 Å². The van der Waals surface area contributed by atoms with Crippen LogP contribution in [-0.2, 0) is 0 Å². The molecule has 0 fully saturated rings. The first kappa shape index (κ1) is 15.2. The van der Waals surface area contributed by atoms with Crippen LogP contribution in [0.4, 0.5) is 0 Å². The molecule has 0 unspecified atom stereocenters. The van der Waals surface area contributed by atoms with E-state index in [1.54, 1.807) is 12.4 Å². The van der Waals surface area contributed by atoms with E-state index in [0.29, 0.717) is 0 Å². The molecule has 0 aliphatic carbocycles. The van der Waals surface area contributed by atoms with Gasteiger partial charge in [-0.25, -0.2) is 0 Å². The number of nitrogens with zero attached hydrogens (tertiary/aromatic N) is 2. The van der Waals surface area contributed by atoms with E-state index in [0.717, 1.165) is 16.7 Å². The van der Waals surface area contributed by atoms with Crippen LogP contribution in [-0.4, -0.2) is 27.9 Å². The molecule has 21 heavy (non-hydrogen) atoms. The Hall–Kier alpha value is -2.16. The molecule has 3 nitrogen and oxygen atoms in total. The van der Waals surface area contributed by atoms with Gasteiger partial charge in [0.25, 0.3) is 5.91 Å². The fourth-order valence-electron chi connectivity index (χ4n) is 2.65. The smallest absolute Gasteiger partial charge is 0.254 e. The highest BCUT2D eigenvalue weighted by atomic mass is 16.2. The maximum absolute atomic E-state index is 12.9. The minimum absolute atomic E-state index is 0.0689. The summed E-state index contributed by atoms with van der Waals surface area (Å²) in [5.74, 6) is 0.0689. The highest BCUT2D eigenvalue weighted by molar-refractivity contribution is 6.01. The Labute approximate surface area is 126 Å². The molecule has 2 rings (SSSR count). The lowest BCUT2D eigenvalue weighted by Gasteiger charge is -2.31. The lowest BCUT2D eigenvalue weighted by Crippen LogP contribution is -2.42. The molecule has 1 aromatic carbocycles. The SMILES string of the molecule is CC(C)N(C(=O)c1ccccc1-c1cccnc1)C(C)C. The summed E-state index contributed by atoms with van der Waals surface area (Å²) in [4.78, 5) is 19.0. The molecule has 1 aromatic heterocycles. The number of pyridine rings is 1. The van der Waals surface area contributed by atoms with Gasteiger partial charge in [0.1, 0.15) is 0 Å². The molecule has 0 aliphatic rings. The first-order chi connectivity index (χ1) is 10.0. The predicted octanol–water partition coefficient (Wildman–Crippen LogP) is 4.01. The predicted molar refractivity (Wildman–Crippen MR) is 86.1 cm³/mol. The standard InChI is InChI=1S/C18H22N2O/c1-13(2)20(14(3)4)18(21)17-10-6-5-9-16(17)15-8-7-11-19-12-15/h5-14H,1-4H3. The van der Waals surface area contributed by atoms with Crippen molar-refractivity contribution in [3.63, 3.8) is 0 Å². The van der Waals surface area contributed by atoms with Crippen LogP contribution in [0, 0.1) is 0 Å². The van der Waals surface area contributed by atoms with E-state index in [2.05, 4.69) is 4.98 Å². The third kappa shape index (κ3) is 3.30. The van der Waals surface area contributed by atoms with Crippen molar-refractivity contribution in [3.8, 4) is 11.1 Å². The molecule has 0 N–H and O–H groups in total. The average Bonchev–Trinajstić information content (AvgIpc) is 2.47. The number of aromatic nitrogens is 1. The van der Waals surface area contributed by atoms with Crippen molar-refractivity contribution in [2.45, 2.75) is 39.8 Å². The molecule has 1 heterocycles. The molecular weight excluding hydrogens is 260 g/mol. The zero-order chi connectivity index (χ0) is 15.4. The maximum Gasteiger partial charge on any atom is 0.254 e. The van der Waals surface area contributed by atoms with E-state index in [4.69, 9.17) is 0 Å². The van der Waals surface area contributed by atoms with Gasteiger partial charge in [0.05, 0.1) is 0 Å². The number of amides is 1. The van der Waals surface area contributed by atoms with Crippen molar-refractivity contribution in [1.29, 1.82) is 0 Å². The van der Waals surface area contributed by atoms with E-state index < -0.39 is 0 Å². The van der Waals surface area contributed by atoms with Gasteiger partial charge in [0.2, 0.25) is 0 Å². The Bertz CT molecular complexity index is 598. The van der Waals surface area contributed by atoms with Crippen molar-refractivity contribution < 1.29 is 4.79 Å². The molecular formula is C18H22N2O. The van der Waals surface area contributed by atoms with Crippen LogP contribution in [0.3, 0.4) is 0 Å². The van der Waals surface area contributed by atoms with Crippen LogP contribution >= 0.6 is 0 Å². The Morgan fingerprint density at radius 3 is 2.24 bits per heavy atom. The minimum Gasteiger partial charge on any atom is -0.334 e. The van der Waals surface area contributed by atoms with Crippen LogP contribution in [0.25, 0.3) is 11.1 Å². The highest BCUT2D eigenvalue weighted by Crippen LogP contribution is 2.25. The molecule has 110 valence electrons. The molecule has 0 atom stereocenters. The lowest BCUT2D eigenvalue weighted by atomic mass is 9.99. The molecule has 0 spiro atoms. The van der Waals surface area contributed by atoms with E-state index in [9.17, 15) is 4.79 Å². The molecule has 0 saturated heterocycles. The first-order valence-electron chi connectivity index (χ1n) is 7.34. The fraction of sp³-hybridized carbons (Fsp3) is 0.333. The lowest BCUT2D eigenvalue weighted by molar-refractivity contribution is 0.0644. The Kier molecular flexibility index (Phi) is 4.73. The number of hydrogen-bond donors (Lipinski definition) is 0. The van der Waals surface area contributed by atoms with Gasteiger partial charge in [-0.3, -0.25) is 9.78 Å². The maximum atomic E-state index is 12.9. The number of hydrogen-bond acceptors (Lipinski definition) is 2. The number of carbonyl (C=O) groups excluding carboxylic acids is 1. The largest absolute Gasteiger partial charge is 0.334 e. The summed E-state index contributed by atoms with van der Waals surface area (Å²) >= 11 is 0. The Morgan fingerprint density at radius 2 is 1.67 bits per heavy atom. The van der Waals surface area contributed by atoms with Crippen molar-refractivity contribution in [2.24, 2.45) is 0 Å². The fourth-order valence-corrected chi connectivity index (χ4v) is 2.65. The Morgan fingerprint density at radius 1 is 1.00 bits per heavy atom. The minimum atomic E-state index is 0.0689. The van der Waals surface area contributed by atoms with Crippen LogP contribution in [0.5, 0.6) is 0 Å². The quantitative estimate of drug-likeness (QED) is 0.849. The summed E-state index contributed by atoms with van der Waals surface area (Å²) in [5, 5.41) is 0. The van der Waals surface area contributed by atoms with Crippen LogP contribution in [0.2, 0.25) is 0 Å². The Balaban J connectivity index is 2.48. The van der Waals surface area contributed by atoms with Crippen LogP contribution in [0.1, 0.15) is 38.1 Å². The normalized spacial score (nSPS) is 11.0. The summed E-state index contributed by atoms with van der Waals surface area (Å²) in [7, 11) is 0. The van der Waals surface area contributed by atoms with Gasteiger partial charge in [0.15, 0.2) is 0 Å². The second kappa shape index (κ2) is 6.53. The molecule has 1 amide bonds. The first-order valence-corrected chi connectivity index (χ1v) is 7.34. The van der Waals surface area contributed by atoms with Crippen LogP contribution in [0.15, 0.2) is 48.8 Å². The molecule has 0 aliphatic heterocycles. The summed E-state index contributed by atoms with van der Waals surface area (Å²) in [5.41, 5.74) is 2.63.